The second-order valence-electron chi connectivity index (χ2n) is 4.43. The lowest BCUT2D eigenvalue weighted by atomic mass is 10.2. The number of hydrogen-bond donors (Lipinski definition) is 2. The van der Waals surface area contributed by atoms with Gasteiger partial charge in [0, 0.05) is 36.3 Å². The van der Waals surface area contributed by atoms with Crippen LogP contribution in [0.3, 0.4) is 0 Å². The molecule has 0 fully saturated rings. The van der Waals surface area contributed by atoms with E-state index in [0.717, 1.165) is 29.1 Å². The summed E-state index contributed by atoms with van der Waals surface area (Å²) in [4.78, 5) is 19.7. The van der Waals surface area contributed by atoms with Crippen molar-refractivity contribution < 1.29 is 9.90 Å². The molecule has 0 saturated heterocycles. The van der Waals surface area contributed by atoms with Crippen molar-refractivity contribution in [2.24, 2.45) is 0 Å². The van der Waals surface area contributed by atoms with Gasteiger partial charge in [-0.2, -0.15) is 0 Å². The summed E-state index contributed by atoms with van der Waals surface area (Å²) >= 11 is 1.62. The van der Waals surface area contributed by atoms with E-state index in [-0.39, 0.29) is 5.91 Å². The standard InChI is InChI=1S/C14H17N3O2S/c1-10(18)14(19)16-6-2-3-13-17-12(9-20-13)11-4-7-15-8-5-11/h4-5,7-10,18H,2-3,6H2,1H3,(H,16,19). The molecule has 0 saturated carbocycles. The molecule has 2 aromatic heterocycles. The molecule has 0 aliphatic heterocycles. The fraction of sp³-hybridized carbons (Fsp3) is 0.357. The number of carbonyl (C=O) groups is 1. The third-order valence-corrected chi connectivity index (χ3v) is 3.68. The highest BCUT2D eigenvalue weighted by Crippen LogP contribution is 2.21. The van der Waals surface area contributed by atoms with Gasteiger partial charge in [-0.05, 0) is 25.5 Å². The van der Waals surface area contributed by atoms with Gasteiger partial charge < -0.3 is 10.4 Å². The summed E-state index contributed by atoms with van der Waals surface area (Å²) in [6, 6.07) is 3.86. The molecule has 0 aliphatic rings. The first kappa shape index (κ1) is 14.6. The van der Waals surface area contributed by atoms with Crippen LogP contribution in [-0.2, 0) is 11.2 Å². The number of aromatic nitrogens is 2. The van der Waals surface area contributed by atoms with Gasteiger partial charge in [0.05, 0.1) is 10.7 Å². The largest absolute Gasteiger partial charge is 0.384 e. The zero-order valence-electron chi connectivity index (χ0n) is 11.2. The average Bonchev–Trinajstić information content (AvgIpc) is 2.93. The molecule has 0 radical (unpaired) electrons. The summed E-state index contributed by atoms with van der Waals surface area (Å²) in [5.41, 5.74) is 2.02. The summed E-state index contributed by atoms with van der Waals surface area (Å²) in [6.45, 7) is 2.01. The second kappa shape index (κ2) is 7.12. The number of amides is 1. The quantitative estimate of drug-likeness (QED) is 0.793. The first-order chi connectivity index (χ1) is 9.66. The number of carbonyl (C=O) groups excluding carboxylic acids is 1. The molecule has 0 aromatic carbocycles. The van der Waals surface area contributed by atoms with Crippen LogP contribution in [0.1, 0.15) is 18.4 Å². The molecule has 2 aromatic rings. The van der Waals surface area contributed by atoms with Crippen molar-refractivity contribution in [3.8, 4) is 11.3 Å². The molecular weight excluding hydrogens is 274 g/mol. The fourth-order valence-corrected chi connectivity index (χ4v) is 2.53. The fourth-order valence-electron chi connectivity index (χ4n) is 1.68. The maximum atomic E-state index is 11.2. The number of nitrogens with zero attached hydrogens (tertiary/aromatic N) is 2. The monoisotopic (exact) mass is 291 g/mol. The summed E-state index contributed by atoms with van der Waals surface area (Å²) in [7, 11) is 0. The van der Waals surface area contributed by atoms with E-state index < -0.39 is 6.10 Å². The van der Waals surface area contributed by atoms with Gasteiger partial charge in [-0.25, -0.2) is 4.98 Å². The topological polar surface area (TPSA) is 75.1 Å². The molecule has 2 rings (SSSR count). The highest BCUT2D eigenvalue weighted by molar-refractivity contribution is 7.09. The lowest BCUT2D eigenvalue weighted by Crippen LogP contribution is -2.33. The second-order valence-corrected chi connectivity index (χ2v) is 5.38. The van der Waals surface area contributed by atoms with Crippen LogP contribution in [0.4, 0.5) is 0 Å². The van der Waals surface area contributed by atoms with Crippen molar-refractivity contribution >= 4 is 17.2 Å². The Morgan fingerprint density at radius 2 is 2.20 bits per heavy atom. The highest BCUT2D eigenvalue weighted by atomic mass is 32.1. The molecule has 1 amide bonds. The van der Waals surface area contributed by atoms with Crippen molar-refractivity contribution in [1.82, 2.24) is 15.3 Å². The number of aliphatic hydroxyl groups excluding tert-OH is 1. The Kier molecular flexibility index (Phi) is 5.20. The van der Waals surface area contributed by atoms with Crippen LogP contribution < -0.4 is 5.32 Å². The molecule has 6 heteroatoms. The van der Waals surface area contributed by atoms with Crippen molar-refractivity contribution in [1.29, 1.82) is 0 Å². The van der Waals surface area contributed by atoms with Gasteiger partial charge in [-0.1, -0.05) is 0 Å². The number of thiazole rings is 1. The van der Waals surface area contributed by atoms with Crippen LogP contribution in [0.25, 0.3) is 11.3 Å². The number of hydrogen-bond acceptors (Lipinski definition) is 5. The molecule has 0 spiro atoms. The number of aryl methyl sites for hydroxylation is 1. The molecule has 2 heterocycles. The van der Waals surface area contributed by atoms with Crippen LogP contribution in [0.5, 0.6) is 0 Å². The molecule has 0 bridgehead atoms. The van der Waals surface area contributed by atoms with Gasteiger partial charge >= 0.3 is 0 Å². The Bertz CT molecular complexity index is 555. The third kappa shape index (κ3) is 4.11. The Balaban J connectivity index is 1.81. The molecule has 106 valence electrons. The van der Waals surface area contributed by atoms with Crippen molar-refractivity contribution in [3.63, 3.8) is 0 Å². The number of nitrogens with one attached hydrogen (secondary N) is 1. The predicted octanol–water partition coefficient (Wildman–Crippen LogP) is 1.63. The van der Waals surface area contributed by atoms with E-state index in [1.807, 2.05) is 17.5 Å². The van der Waals surface area contributed by atoms with Crippen molar-refractivity contribution in [2.45, 2.75) is 25.9 Å². The first-order valence-corrected chi connectivity index (χ1v) is 7.35. The SMILES string of the molecule is CC(O)C(=O)NCCCc1nc(-c2ccncc2)cs1. The van der Waals surface area contributed by atoms with Gasteiger partial charge in [0.1, 0.15) is 6.10 Å². The zero-order valence-corrected chi connectivity index (χ0v) is 12.1. The van der Waals surface area contributed by atoms with E-state index in [0.29, 0.717) is 6.54 Å². The van der Waals surface area contributed by atoms with Crippen LogP contribution in [0, 0.1) is 0 Å². The molecule has 0 aliphatic carbocycles. The first-order valence-electron chi connectivity index (χ1n) is 6.47. The van der Waals surface area contributed by atoms with Crippen LogP contribution in [-0.4, -0.2) is 33.6 Å². The molecule has 1 atom stereocenters. The Hall–Kier alpha value is -1.79. The zero-order chi connectivity index (χ0) is 14.4. The van der Waals surface area contributed by atoms with Gasteiger partial charge in [0.15, 0.2) is 0 Å². The van der Waals surface area contributed by atoms with E-state index in [9.17, 15) is 4.79 Å². The molecule has 5 nitrogen and oxygen atoms in total. The van der Waals surface area contributed by atoms with Gasteiger partial charge in [0.25, 0.3) is 0 Å². The number of rotatable bonds is 6. The van der Waals surface area contributed by atoms with E-state index in [4.69, 9.17) is 5.11 Å². The van der Waals surface area contributed by atoms with Crippen LogP contribution in [0.15, 0.2) is 29.9 Å². The lowest BCUT2D eigenvalue weighted by molar-refractivity contribution is -0.128. The number of pyridine rings is 1. The summed E-state index contributed by atoms with van der Waals surface area (Å²) in [5.74, 6) is -0.332. The predicted molar refractivity (Wildman–Crippen MR) is 78.4 cm³/mol. The van der Waals surface area contributed by atoms with Crippen molar-refractivity contribution in [3.05, 3.63) is 34.9 Å². The summed E-state index contributed by atoms with van der Waals surface area (Å²) in [6.07, 6.45) is 4.17. The Morgan fingerprint density at radius 3 is 2.90 bits per heavy atom. The third-order valence-electron chi connectivity index (χ3n) is 2.77. The van der Waals surface area contributed by atoms with E-state index in [1.165, 1.54) is 6.92 Å². The summed E-state index contributed by atoms with van der Waals surface area (Å²) < 4.78 is 0. The maximum absolute atomic E-state index is 11.2. The average molecular weight is 291 g/mol. The Morgan fingerprint density at radius 1 is 1.45 bits per heavy atom. The minimum Gasteiger partial charge on any atom is -0.384 e. The normalized spacial score (nSPS) is 12.1. The lowest BCUT2D eigenvalue weighted by Gasteiger charge is -2.05. The van der Waals surface area contributed by atoms with Gasteiger partial charge in [-0.15, -0.1) is 11.3 Å². The minimum absolute atomic E-state index is 0.332. The van der Waals surface area contributed by atoms with E-state index >= 15 is 0 Å². The van der Waals surface area contributed by atoms with Crippen molar-refractivity contribution in [2.75, 3.05) is 6.54 Å². The summed E-state index contributed by atoms with van der Waals surface area (Å²) in [5, 5.41) is 14.8. The maximum Gasteiger partial charge on any atom is 0.248 e. The smallest absolute Gasteiger partial charge is 0.248 e. The molecule has 20 heavy (non-hydrogen) atoms. The molecule has 2 N–H and O–H groups in total. The van der Waals surface area contributed by atoms with E-state index in [2.05, 4.69) is 15.3 Å². The number of aliphatic hydroxyl groups is 1. The minimum atomic E-state index is -0.951. The Labute approximate surface area is 121 Å². The molecule has 1 unspecified atom stereocenters. The van der Waals surface area contributed by atoms with E-state index in [1.54, 1.807) is 23.7 Å². The van der Waals surface area contributed by atoms with Crippen LogP contribution >= 0.6 is 11.3 Å². The molecular formula is C14H17N3O2S. The highest BCUT2D eigenvalue weighted by Gasteiger charge is 2.08. The van der Waals surface area contributed by atoms with Gasteiger partial charge in [0.2, 0.25) is 5.91 Å². The van der Waals surface area contributed by atoms with Gasteiger partial charge in [-0.3, -0.25) is 9.78 Å². The van der Waals surface area contributed by atoms with Crippen LogP contribution in [0.2, 0.25) is 0 Å².